The molecule has 0 saturated heterocycles. The highest BCUT2D eigenvalue weighted by Gasteiger charge is 2.55. The lowest BCUT2D eigenvalue weighted by molar-refractivity contribution is -0.870. The van der Waals surface area contributed by atoms with Crippen molar-refractivity contribution in [3.8, 4) is 12.3 Å². The molecule has 0 saturated carbocycles. The molecule has 7 heteroatoms. The molecule has 1 atom stereocenters. The fraction of sp³-hybridized carbons (Fsp3) is 0.857. The van der Waals surface area contributed by atoms with Gasteiger partial charge >= 0.3 is 13.6 Å². The number of rotatable bonds is 12. The number of terminal acetylenes is 1. The minimum absolute atomic E-state index is 0.0293. The first-order chi connectivity index (χ1) is 9.81. The van der Waals surface area contributed by atoms with Crippen molar-refractivity contribution in [3.63, 3.8) is 0 Å². The van der Waals surface area contributed by atoms with Crippen molar-refractivity contribution in [3.05, 3.63) is 0 Å². The van der Waals surface area contributed by atoms with E-state index in [1.807, 2.05) is 21.1 Å². The van der Waals surface area contributed by atoms with Crippen LogP contribution in [0.3, 0.4) is 0 Å². The molecule has 21 heavy (non-hydrogen) atoms. The maximum Gasteiger partial charge on any atom is 0.578 e. The molecule has 0 N–H and O–H groups in total. The Labute approximate surface area is 129 Å². The Morgan fingerprint density at radius 3 is 2.19 bits per heavy atom. The number of likely N-dealkylation sites (N-methyl/N-ethyl adjacent to an activating group) is 1. The summed E-state index contributed by atoms with van der Waals surface area (Å²) in [5.41, 5.74) is -1.40. The van der Waals surface area contributed by atoms with Gasteiger partial charge in [0.15, 0.2) is 13.2 Å². The quantitative estimate of drug-likeness (QED) is 0.180. The van der Waals surface area contributed by atoms with E-state index in [0.717, 1.165) is 6.54 Å². The van der Waals surface area contributed by atoms with Crippen LogP contribution in [-0.2, 0) is 23.3 Å². The molecule has 0 bridgehead atoms. The van der Waals surface area contributed by atoms with Crippen molar-refractivity contribution in [2.45, 2.75) is 19.4 Å². The Morgan fingerprint density at radius 2 is 1.76 bits per heavy atom. The lowest BCUT2D eigenvalue weighted by atomic mass is 10.5. The van der Waals surface area contributed by atoms with Gasteiger partial charge in [-0.1, -0.05) is 5.92 Å². The molecule has 0 aliphatic carbocycles. The summed E-state index contributed by atoms with van der Waals surface area (Å²) in [6.45, 7) is 5.39. The zero-order chi connectivity index (χ0) is 16.4. The van der Waals surface area contributed by atoms with Crippen LogP contribution in [-0.4, -0.2) is 70.7 Å². The summed E-state index contributed by atoms with van der Waals surface area (Å²) in [5.74, 6) is 2.36. The minimum atomic E-state index is -2.21. The fourth-order valence-corrected chi connectivity index (χ4v) is 2.58. The van der Waals surface area contributed by atoms with E-state index >= 15 is 0 Å². The van der Waals surface area contributed by atoms with E-state index in [0.29, 0.717) is 24.3 Å². The van der Waals surface area contributed by atoms with Crippen LogP contribution >= 0.6 is 8.03 Å². The lowest BCUT2D eigenvalue weighted by Crippen LogP contribution is -2.40. The molecule has 0 aromatic carbocycles. The molecular weight excluding hydrogens is 293 g/mol. The molecule has 0 rings (SSSR count). The summed E-state index contributed by atoms with van der Waals surface area (Å²) >= 11 is 0. The molecule has 0 heterocycles. The second kappa shape index (κ2) is 10.2. The minimum Gasteiger partial charge on any atom is -0.358 e. The average Bonchev–Trinajstić information content (AvgIpc) is 2.37. The van der Waals surface area contributed by atoms with E-state index in [1.165, 1.54) is 0 Å². The van der Waals surface area contributed by atoms with Crippen molar-refractivity contribution < 1.29 is 27.8 Å². The van der Waals surface area contributed by atoms with Crippen molar-refractivity contribution in [2.24, 2.45) is 0 Å². The van der Waals surface area contributed by atoms with E-state index in [9.17, 15) is 4.57 Å². The third kappa shape index (κ3) is 8.47. The van der Waals surface area contributed by atoms with E-state index in [1.54, 1.807) is 13.8 Å². The average molecular weight is 321 g/mol. The Hall–Kier alpha value is -0.540. The Bertz CT molecular complexity index is 342. The number of ether oxygens (including phenoxy) is 3. The molecule has 0 spiro atoms. The molecule has 0 radical (unpaired) electrons. The smallest absolute Gasteiger partial charge is 0.358 e. The van der Waals surface area contributed by atoms with E-state index in [4.69, 9.17) is 25.2 Å². The predicted octanol–water partition coefficient (Wildman–Crippen LogP) is 1.83. The van der Waals surface area contributed by atoms with Gasteiger partial charge in [0.2, 0.25) is 0 Å². The third-order valence-electron chi connectivity index (χ3n) is 2.46. The SMILES string of the molecule is C#CCOCC(OCC)(OCC)[P+](=O)OCC[N+](C)(C)C. The molecule has 0 aromatic heterocycles. The summed E-state index contributed by atoms with van der Waals surface area (Å²) in [7, 11) is 3.89. The highest BCUT2D eigenvalue weighted by molar-refractivity contribution is 7.40. The lowest BCUT2D eigenvalue weighted by Gasteiger charge is -2.24. The van der Waals surface area contributed by atoms with Gasteiger partial charge in [-0.15, -0.1) is 10.9 Å². The Morgan fingerprint density at radius 1 is 1.19 bits per heavy atom. The summed E-state index contributed by atoms with van der Waals surface area (Å²) < 4.78 is 34.9. The number of nitrogens with zero attached hydrogens (tertiary/aromatic N) is 1. The van der Waals surface area contributed by atoms with Gasteiger partial charge in [0, 0.05) is 0 Å². The van der Waals surface area contributed by atoms with Crippen molar-refractivity contribution >= 4 is 8.03 Å². The zero-order valence-corrected chi connectivity index (χ0v) is 14.7. The Kier molecular flexibility index (Phi) is 9.97. The van der Waals surface area contributed by atoms with Gasteiger partial charge in [0.25, 0.3) is 0 Å². The van der Waals surface area contributed by atoms with Crippen molar-refractivity contribution in [2.75, 3.05) is 60.7 Å². The topological polar surface area (TPSA) is 54.0 Å². The summed E-state index contributed by atoms with van der Waals surface area (Å²) in [4.78, 5) is 0. The van der Waals surface area contributed by atoms with Crippen molar-refractivity contribution in [1.29, 1.82) is 0 Å². The molecule has 0 fully saturated rings. The second-order valence-electron chi connectivity index (χ2n) is 5.38. The first-order valence-corrected chi connectivity index (χ1v) is 8.19. The molecule has 0 aromatic rings. The number of quaternary nitrogens is 1. The molecule has 0 aliphatic rings. The number of hydrogen-bond donors (Lipinski definition) is 0. The van der Waals surface area contributed by atoms with Gasteiger partial charge in [0.1, 0.15) is 13.2 Å². The highest BCUT2D eigenvalue weighted by atomic mass is 31.1. The van der Waals surface area contributed by atoms with E-state index in [2.05, 4.69) is 5.92 Å². The van der Waals surface area contributed by atoms with Gasteiger partial charge in [0.05, 0.1) is 34.4 Å². The van der Waals surface area contributed by atoms with Crippen LogP contribution < -0.4 is 0 Å². The predicted molar refractivity (Wildman–Crippen MR) is 82.1 cm³/mol. The highest BCUT2D eigenvalue weighted by Crippen LogP contribution is 2.42. The van der Waals surface area contributed by atoms with Gasteiger partial charge in [-0.05, 0) is 18.4 Å². The summed E-state index contributed by atoms with van der Waals surface area (Å²) in [6.07, 6.45) is 5.15. The fourth-order valence-electron chi connectivity index (χ4n) is 1.47. The third-order valence-corrected chi connectivity index (χ3v) is 3.82. The molecule has 1 unspecified atom stereocenters. The maximum absolute atomic E-state index is 12.5. The van der Waals surface area contributed by atoms with Gasteiger partial charge < -0.3 is 18.7 Å². The Balaban J connectivity index is 4.73. The van der Waals surface area contributed by atoms with Crippen LogP contribution in [0.1, 0.15) is 13.8 Å². The van der Waals surface area contributed by atoms with Gasteiger partial charge in [-0.3, -0.25) is 0 Å². The van der Waals surface area contributed by atoms with Gasteiger partial charge in [-0.2, -0.15) is 0 Å². The number of hydrogen-bond acceptors (Lipinski definition) is 5. The van der Waals surface area contributed by atoms with E-state index in [-0.39, 0.29) is 13.2 Å². The van der Waals surface area contributed by atoms with E-state index < -0.39 is 13.6 Å². The standard InChI is InChI=1S/C14H28NO5P/c1-7-11-17-13-14(18-8-2,19-9-3)21(16)20-12-10-15(4,5)6/h1H,8-13H2,2-6H3/q+2. The summed E-state index contributed by atoms with van der Waals surface area (Å²) in [6, 6.07) is 0. The van der Waals surface area contributed by atoms with Crippen LogP contribution in [0.2, 0.25) is 0 Å². The normalized spacial score (nSPS) is 13.0. The monoisotopic (exact) mass is 321 g/mol. The second-order valence-corrected chi connectivity index (χ2v) is 6.83. The molecule has 122 valence electrons. The van der Waals surface area contributed by atoms with Crippen molar-refractivity contribution in [1.82, 2.24) is 0 Å². The first kappa shape index (κ1) is 20.5. The van der Waals surface area contributed by atoms with Gasteiger partial charge in [-0.25, -0.2) is 0 Å². The van der Waals surface area contributed by atoms with Crippen LogP contribution in [0.25, 0.3) is 0 Å². The zero-order valence-electron chi connectivity index (χ0n) is 13.8. The maximum atomic E-state index is 12.5. The first-order valence-electron chi connectivity index (χ1n) is 7.01. The van der Waals surface area contributed by atoms with Crippen LogP contribution in [0, 0.1) is 12.3 Å². The van der Waals surface area contributed by atoms with Crippen LogP contribution in [0.5, 0.6) is 0 Å². The molecular formula is C14H28NO5P+2. The molecule has 6 nitrogen and oxygen atoms in total. The van der Waals surface area contributed by atoms with Crippen LogP contribution in [0.15, 0.2) is 0 Å². The largest absolute Gasteiger partial charge is 0.578 e. The van der Waals surface area contributed by atoms with Crippen LogP contribution in [0.4, 0.5) is 0 Å². The summed E-state index contributed by atoms with van der Waals surface area (Å²) in [5, 5.41) is 0. The molecule has 0 amide bonds. The molecule has 0 aliphatic heterocycles.